The van der Waals surface area contributed by atoms with Crippen molar-refractivity contribution in [2.75, 3.05) is 34.7 Å². The van der Waals surface area contributed by atoms with Crippen LogP contribution in [-0.4, -0.2) is 50.5 Å². The highest BCUT2D eigenvalue weighted by atomic mass is 15.3. The second-order valence-electron chi connectivity index (χ2n) is 5.09. The van der Waals surface area contributed by atoms with Crippen molar-refractivity contribution in [3.05, 3.63) is 34.9 Å². The molecule has 0 amide bonds. The summed E-state index contributed by atoms with van der Waals surface area (Å²) in [5, 5.41) is 0. The third-order valence-corrected chi connectivity index (χ3v) is 3.06. The van der Waals surface area contributed by atoms with Gasteiger partial charge in [-0.25, -0.2) is 0 Å². The topological polar surface area (TPSA) is 18.8 Å². The van der Waals surface area contributed by atoms with Gasteiger partial charge in [-0.15, -0.1) is 0 Å². The van der Waals surface area contributed by atoms with Crippen LogP contribution in [0.4, 0.5) is 0 Å². The smallest absolute Gasteiger partial charge is 0.195 e. The third kappa shape index (κ3) is 3.76. The maximum atomic E-state index is 4.67. The molecular weight excluding hydrogens is 222 g/mol. The summed E-state index contributed by atoms with van der Waals surface area (Å²) >= 11 is 0. The van der Waals surface area contributed by atoms with E-state index in [1.54, 1.807) is 0 Å². The summed E-state index contributed by atoms with van der Waals surface area (Å²) in [7, 11) is 8.10. The van der Waals surface area contributed by atoms with Crippen LogP contribution in [-0.2, 0) is 6.42 Å². The van der Waals surface area contributed by atoms with Crippen molar-refractivity contribution in [1.29, 1.82) is 0 Å². The van der Waals surface area contributed by atoms with Gasteiger partial charge in [-0.05, 0) is 37.0 Å². The van der Waals surface area contributed by atoms with E-state index in [0.29, 0.717) is 0 Å². The van der Waals surface area contributed by atoms with Crippen molar-refractivity contribution in [3.63, 3.8) is 0 Å². The monoisotopic (exact) mass is 247 g/mol. The first-order valence-corrected chi connectivity index (χ1v) is 6.37. The Morgan fingerprint density at radius 3 is 1.94 bits per heavy atom. The van der Waals surface area contributed by atoms with E-state index in [1.165, 1.54) is 16.7 Å². The minimum absolute atomic E-state index is 0.831. The Kier molecular flexibility index (Phi) is 5.20. The van der Waals surface area contributed by atoms with Crippen molar-refractivity contribution < 1.29 is 0 Å². The second kappa shape index (κ2) is 6.43. The van der Waals surface area contributed by atoms with Crippen molar-refractivity contribution in [1.82, 2.24) is 9.80 Å². The van der Waals surface area contributed by atoms with E-state index in [-0.39, 0.29) is 0 Å². The second-order valence-corrected chi connectivity index (χ2v) is 5.09. The van der Waals surface area contributed by atoms with Gasteiger partial charge in [0.15, 0.2) is 5.96 Å². The molecule has 0 bridgehead atoms. The molecular formula is C15H25N3. The lowest BCUT2D eigenvalue weighted by Crippen LogP contribution is -2.35. The van der Waals surface area contributed by atoms with Gasteiger partial charge in [0.25, 0.3) is 0 Å². The first-order chi connectivity index (χ1) is 8.43. The highest BCUT2D eigenvalue weighted by molar-refractivity contribution is 5.79. The highest BCUT2D eigenvalue weighted by Gasteiger charge is 2.05. The van der Waals surface area contributed by atoms with Gasteiger partial charge in [0, 0.05) is 34.7 Å². The molecule has 3 nitrogen and oxygen atoms in total. The Morgan fingerprint density at radius 1 is 1.00 bits per heavy atom. The van der Waals surface area contributed by atoms with Gasteiger partial charge in [0.2, 0.25) is 0 Å². The summed E-state index contributed by atoms with van der Waals surface area (Å²) in [5.74, 6) is 1.02. The fraction of sp³-hybridized carbons (Fsp3) is 0.533. The molecule has 3 heteroatoms. The van der Waals surface area contributed by atoms with Crippen molar-refractivity contribution in [2.24, 2.45) is 4.99 Å². The zero-order valence-electron chi connectivity index (χ0n) is 12.5. The van der Waals surface area contributed by atoms with E-state index < -0.39 is 0 Å². The number of hydrogen-bond acceptors (Lipinski definition) is 1. The molecule has 0 fully saturated rings. The van der Waals surface area contributed by atoms with Gasteiger partial charge in [-0.2, -0.15) is 0 Å². The predicted octanol–water partition coefficient (Wildman–Crippen LogP) is 2.33. The molecule has 0 spiro atoms. The molecule has 0 saturated heterocycles. The van der Waals surface area contributed by atoms with E-state index in [4.69, 9.17) is 0 Å². The van der Waals surface area contributed by atoms with Gasteiger partial charge in [-0.1, -0.05) is 18.2 Å². The lowest BCUT2D eigenvalue weighted by atomic mass is 10.0. The summed E-state index contributed by atoms with van der Waals surface area (Å²) in [4.78, 5) is 8.76. The molecule has 0 aliphatic carbocycles. The van der Waals surface area contributed by atoms with E-state index >= 15 is 0 Å². The maximum absolute atomic E-state index is 4.67. The molecule has 100 valence electrons. The number of aliphatic imine (C=N–C) groups is 1. The van der Waals surface area contributed by atoms with E-state index in [9.17, 15) is 0 Å². The number of rotatable bonds is 3. The van der Waals surface area contributed by atoms with E-state index in [0.717, 1.165) is 18.9 Å². The fourth-order valence-electron chi connectivity index (χ4n) is 2.19. The molecule has 0 radical (unpaired) electrons. The summed E-state index contributed by atoms with van der Waals surface area (Å²) in [6.07, 6.45) is 1.00. The van der Waals surface area contributed by atoms with Crippen LogP contribution in [0.15, 0.2) is 23.2 Å². The van der Waals surface area contributed by atoms with Crippen LogP contribution in [0.5, 0.6) is 0 Å². The molecule has 0 atom stereocenters. The Hall–Kier alpha value is -1.51. The van der Waals surface area contributed by atoms with Gasteiger partial charge in [-0.3, -0.25) is 4.99 Å². The quantitative estimate of drug-likeness (QED) is 0.603. The standard InChI is InChI=1S/C15H25N3/c1-12-8-7-9-13(2)14(12)10-11-16-15(17(3)4)18(5)6/h7-9H,10-11H2,1-6H3. The molecule has 1 aromatic carbocycles. The van der Waals surface area contributed by atoms with Crippen LogP contribution in [0.2, 0.25) is 0 Å². The summed E-state index contributed by atoms with van der Waals surface area (Å²) in [6, 6.07) is 6.46. The molecule has 0 unspecified atom stereocenters. The van der Waals surface area contributed by atoms with Crippen LogP contribution >= 0.6 is 0 Å². The third-order valence-electron chi connectivity index (χ3n) is 3.06. The van der Waals surface area contributed by atoms with Crippen LogP contribution in [0, 0.1) is 13.8 Å². The normalized spacial score (nSPS) is 10.1. The van der Waals surface area contributed by atoms with Gasteiger partial charge >= 0.3 is 0 Å². The lowest BCUT2D eigenvalue weighted by Gasteiger charge is -2.22. The van der Waals surface area contributed by atoms with Crippen LogP contribution in [0.3, 0.4) is 0 Å². The zero-order valence-corrected chi connectivity index (χ0v) is 12.5. The fourth-order valence-corrected chi connectivity index (χ4v) is 2.19. The number of nitrogens with zero attached hydrogens (tertiary/aromatic N) is 3. The van der Waals surface area contributed by atoms with Crippen molar-refractivity contribution >= 4 is 5.96 Å². The number of guanidine groups is 1. The van der Waals surface area contributed by atoms with Crippen LogP contribution in [0.25, 0.3) is 0 Å². The molecule has 0 heterocycles. The first-order valence-electron chi connectivity index (χ1n) is 6.37. The average molecular weight is 247 g/mol. The Bertz CT molecular complexity index is 389. The lowest BCUT2D eigenvalue weighted by molar-refractivity contribution is 0.479. The minimum atomic E-state index is 0.831. The van der Waals surface area contributed by atoms with Crippen LogP contribution in [0.1, 0.15) is 16.7 Å². The number of hydrogen-bond donors (Lipinski definition) is 0. The molecule has 0 saturated carbocycles. The molecule has 0 aliphatic heterocycles. The first kappa shape index (κ1) is 14.6. The van der Waals surface area contributed by atoms with Crippen molar-refractivity contribution in [2.45, 2.75) is 20.3 Å². The molecule has 0 N–H and O–H groups in total. The number of benzene rings is 1. The average Bonchev–Trinajstić information content (AvgIpc) is 2.26. The summed E-state index contributed by atoms with van der Waals surface area (Å²) in [6.45, 7) is 5.17. The molecule has 1 aromatic rings. The largest absolute Gasteiger partial charge is 0.349 e. The maximum Gasteiger partial charge on any atom is 0.195 e. The van der Waals surface area contributed by atoms with E-state index in [1.807, 2.05) is 38.0 Å². The predicted molar refractivity (Wildman–Crippen MR) is 79.3 cm³/mol. The Balaban J connectivity index is 2.74. The van der Waals surface area contributed by atoms with Gasteiger partial charge in [0.1, 0.15) is 0 Å². The van der Waals surface area contributed by atoms with Crippen LogP contribution < -0.4 is 0 Å². The molecule has 18 heavy (non-hydrogen) atoms. The molecule has 1 rings (SSSR count). The highest BCUT2D eigenvalue weighted by Crippen LogP contribution is 2.13. The Labute approximate surface area is 111 Å². The van der Waals surface area contributed by atoms with E-state index in [2.05, 4.69) is 37.0 Å². The minimum Gasteiger partial charge on any atom is -0.349 e. The Morgan fingerprint density at radius 2 is 1.50 bits per heavy atom. The summed E-state index contributed by atoms with van der Waals surface area (Å²) in [5.41, 5.74) is 4.15. The van der Waals surface area contributed by atoms with Gasteiger partial charge in [0.05, 0.1) is 0 Å². The van der Waals surface area contributed by atoms with Crippen molar-refractivity contribution in [3.8, 4) is 0 Å². The molecule has 0 aromatic heterocycles. The zero-order chi connectivity index (χ0) is 13.7. The SMILES string of the molecule is Cc1cccc(C)c1CCN=C(N(C)C)N(C)C. The molecule has 0 aliphatic rings. The van der Waals surface area contributed by atoms with Gasteiger partial charge < -0.3 is 9.80 Å². The summed E-state index contributed by atoms with van der Waals surface area (Å²) < 4.78 is 0. The number of aryl methyl sites for hydroxylation is 2.